The molecule has 0 saturated carbocycles. The van der Waals surface area contributed by atoms with E-state index >= 15 is 0 Å². The van der Waals surface area contributed by atoms with Gasteiger partial charge < -0.3 is 20.0 Å². The van der Waals surface area contributed by atoms with Crippen LogP contribution in [0.1, 0.15) is 5.69 Å². The van der Waals surface area contributed by atoms with Crippen molar-refractivity contribution < 1.29 is 61.7 Å². The number of hydrogen-bond acceptors (Lipinski definition) is 11. The molecule has 0 bridgehead atoms. The number of thioether (sulfide) groups is 1. The maximum atomic E-state index is 12.9. The van der Waals surface area contributed by atoms with Crippen molar-refractivity contribution in [1.82, 2.24) is 14.6 Å². The van der Waals surface area contributed by atoms with E-state index in [1.54, 1.807) is 30.3 Å². The van der Waals surface area contributed by atoms with Crippen molar-refractivity contribution in [3.8, 4) is 0 Å². The van der Waals surface area contributed by atoms with Gasteiger partial charge in [-0.25, -0.2) is 17.7 Å². The average molecular weight is 556 g/mol. The number of alkyl halides is 1. The van der Waals surface area contributed by atoms with Gasteiger partial charge in [-0.1, -0.05) is 35.1 Å². The second-order valence-corrected chi connectivity index (χ2v) is 9.77. The fraction of sp³-hybridized carbons (Fsp3) is 0.235. The maximum Gasteiger partial charge on any atom is 1.00 e. The number of nitrogens with one attached hydrogen (secondary N) is 2. The molecule has 0 unspecified atom stereocenters. The van der Waals surface area contributed by atoms with E-state index in [0.29, 0.717) is 4.90 Å². The standard InChI is InChI=1S/C17H16ClN5O7S3.Na/c1-30-22-12(10-8-31-17(19-10)20-11(24)7-18)14(25)21-13-15(26)23(33(27,28)29)16(13)32-9-5-3-2-4-6-9;/h2-6,8,13,16H,7H2,1H3,(H,21,25)(H,19,20,24)(H,27,28,29);/q;+1/p-1/t13-,16+;/m1./s1. The van der Waals surface area contributed by atoms with Crippen LogP contribution in [-0.2, 0) is 29.5 Å². The third-order valence-corrected chi connectivity index (χ3v) is 7.33. The molecular weight excluding hydrogens is 541 g/mol. The normalized spacial score (nSPS) is 17.9. The quantitative estimate of drug-likeness (QED) is 0.0853. The Morgan fingerprint density at radius 3 is 2.62 bits per heavy atom. The Kier molecular flexibility index (Phi) is 10.3. The van der Waals surface area contributed by atoms with Crippen molar-refractivity contribution in [2.75, 3.05) is 18.3 Å². The van der Waals surface area contributed by atoms with Gasteiger partial charge in [-0.3, -0.25) is 14.4 Å². The van der Waals surface area contributed by atoms with Crippen LogP contribution in [0.25, 0.3) is 0 Å². The van der Waals surface area contributed by atoms with Crippen LogP contribution in [0, 0.1) is 0 Å². The number of carbonyl (C=O) groups is 3. The number of anilines is 1. The predicted octanol–water partition coefficient (Wildman–Crippen LogP) is -2.42. The van der Waals surface area contributed by atoms with E-state index in [-0.39, 0.29) is 56.3 Å². The summed E-state index contributed by atoms with van der Waals surface area (Å²) in [6, 6.07) is 7.11. The summed E-state index contributed by atoms with van der Waals surface area (Å²) in [6.07, 6.45) is 0. The van der Waals surface area contributed by atoms with E-state index in [4.69, 9.17) is 11.6 Å². The molecule has 1 aromatic heterocycles. The second-order valence-electron chi connectivity index (χ2n) is 6.21. The number of aromatic nitrogens is 1. The van der Waals surface area contributed by atoms with Gasteiger partial charge in [0.1, 0.15) is 30.1 Å². The number of nitrogens with zero attached hydrogens (tertiary/aromatic N) is 3. The van der Waals surface area contributed by atoms with E-state index in [0.717, 1.165) is 23.1 Å². The van der Waals surface area contributed by atoms with Crippen molar-refractivity contribution in [1.29, 1.82) is 0 Å². The molecule has 1 fully saturated rings. The average Bonchev–Trinajstić information content (AvgIpc) is 3.22. The van der Waals surface area contributed by atoms with Crippen molar-refractivity contribution >= 4 is 73.6 Å². The molecule has 12 nitrogen and oxygen atoms in total. The number of thiazole rings is 1. The number of rotatable bonds is 9. The maximum absolute atomic E-state index is 12.9. The number of hydrogen-bond donors (Lipinski definition) is 2. The van der Waals surface area contributed by atoms with Gasteiger partial charge in [-0.15, -0.1) is 22.9 Å². The molecule has 1 aliphatic rings. The molecule has 3 amide bonds. The number of halogens is 1. The van der Waals surface area contributed by atoms with E-state index in [1.807, 2.05) is 0 Å². The number of β-lactam (4-membered cyclic amide) rings is 1. The minimum absolute atomic E-state index is 0. The van der Waals surface area contributed by atoms with Gasteiger partial charge in [-0.2, -0.15) is 0 Å². The summed E-state index contributed by atoms with van der Waals surface area (Å²) >= 11 is 7.35. The van der Waals surface area contributed by atoms with E-state index in [9.17, 15) is 27.4 Å². The molecule has 2 atom stereocenters. The van der Waals surface area contributed by atoms with Crippen LogP contribution in [0.4, 0.5) is 5.13 Å². The molecule has 3 rings (SSSR count). The monoisotopic (exact) mass is 555 g/mol. The zero-order chi connectivity index (χ0) is 24.2. The van der Waals surface area contributed by atoms with Crippen molar-refractivity contribution in [2.45, 2.75) is 16.3 Å². The Labute approximate surface area is 229 Å². The largest absolute Gasteiger partial charge is 1.00 e. The van der Waals surface area contributed by atoms with E-state index in [2.05, 4.69) is 25.6 Å². The number of benzene rings is 1. The molecule has 34 heavy (non-hydrogen) atoms. The smallest absolute Gasteiger partial charge is 0.731 e. The Morgan fingerprint density at radius 1 is 1.35 bits per heavy atom. The summed E-state index contributed by atoms with van der Waals surface area (Å²) in [5.41, 5.74) is -0.309. The molecular formula is C17H15ClN5NaO7S3. The topological polar surface area (TPSA) is 170 Å². The first kappa shape index (κ1) is 28.5. The van der Waals surface area contributed by atoms with Crippen LogP contribution in [0.5, 0.6) is 0 Å². The molecule has 2 N–H and O–H groups in total. The molecule has 1 aliphatic heterocycles. The first-order chi connectivity index (χ1) is 15.7. The van der Waals surface area contributed by atoms with Gasteiger partial charge in [0.05, 0.1) is 0 Å². The molecule has 0 aliphatic carbocycles. The van der Waals surface area contributed by atoms with Gasteiger partial charge in [0, 0.05) is 10.3 Å². The first-order valence-electron chi connectivity index (χ1n) is 8.90. The Bertz CT molecular complexity index is 1200. The fourth-order valence-corrected chi connectivity index (χ4v) is 5.71. The second kappa shape index (κ2) is 12.3. The summed E-state index contributed by atoms with van der Waals surface area (Å²) in [5, 5.41) is 8.76. The molecule has 0 spiro atoms. The molecule has 17 heteroatoms. The van der Waals surface area contributed by atoms with Crippen molar-refractivity contribution in [2.24, 2.45) is 5.16 Å². The molecule has 1 saturated heterocycles. The van der Waals surface area contributed by atoms with E-state index < -0.39 is 39.4 Å². The third-order valence-electron chi connectivity index (χ3n) is 4.04. The first-order valence-corrected chi connectivity index (χ1v) is 12.6. The van der Waals surface area contributed by atoms with E-state index in [1.165, 1.54) is 12.5 Å². The summed E-state index contributed by atoms with van der Waals surface area (Å²) in [5.74, 6) is -2.79. The summed E-state index contributed by atoms with van der Waals surface area (Å²) in [4.78, 5) is 46.0. The Hall–Kier alpha value is -1.72. The van der Waals surface area contributed by atoms with Crippen LogP contribution in [0.3, 0.4) is 0 Å². The van der Waals surface area contributed by atoms with Crippen molar-refractivity contribution in [3.05, 3.63) is 41.4 Å². The Balaban J connectivity index is 0.00000408. The molecule has 0 radical (unpaired) electrons. The SMILES string of the molecule is CON=C(C(=O)N[C@@H]1C(=O)N(S(=O)(=O)[O-])[C@H]1Sc1ccccc1)c1csc(NC(=O)CCl)n1.[Na+]. The van der Waals surface area contributed by atoms with Crippen LogP contribution >= 0.6 is 34.7 Å². The van der Waals surface area contributed by atoms with Gasteiger partial charge in [0.2, 0.25) is 5.91 Å². The van der Waals surface area contributed by atoms with Crippen LogP contribution in [0.2, 0.25) is 0 Å². The molecule has 2 heterocycles. The van der Waals surface area contributed by atoms with Gasteiger partial charge in [0.25, 0.3) is 11.8 Å². The summed E-state index contributed by atoms with van der Waals surface area (Å²) in [6.45, 7) is 0. The Morgan fingerprint density at radius 2 is 2.03 bits per heavy atom. The molecule has 2 aromatic rings. The molecule has 1 aromatic carbocycles. The number of oxime groups is 1. The number of carbonyl (C=O) groups excluding carboxylic acids is 3. The van der Waals surface area contributed by atoms with Gasteiger partial charge in [-0.05, 0) is 12.1 Å². The number of amides is 3. The summed E-state index contributed by atoms with van der Waals surface area (Å²) < 4.78 is 34.8. The van der Waals surface area contributed by atoms with Gasteiger partial charge >= 0.3 is 29.6 Å². The zero-order valence-corrected chi connectivity index (χ0v) is 22.8. The minimum Gasteiger partial charge on any atom is -0.731 e. The minimum atomic E-state index is -5.10. The fourth-order valence-electron chi connectivity index (χ4n) is 2.66. The summed E-state index contributed by atoms with van der Waals surface area (Å²) in [7, 11) is -3.92. The van der Waals surface area contributed by atoms with Crippen LogP contribution in [0.15, 0.2) is 45.8 Å². The predicted molar refractivity (Wildman–Crippen MR) is 120 cm³/mol. The molecule has 176 valence electrons. The van der Waals surface area contributed by atoms with Crippen molar-refractivity contribution in [3.63, 3.8) is 0 Å². The van der Waals surface area contributed by atoms with Crippen LogP contribution < -0.4 is 40.2 Å². The third kappa shape index (κ3) is 6.69. The van der Waals surface area contributed by atoms with Gasteiger partial charge in [0.15, 0.2) is 21.1 Å². The zero-order valence-electron chi connectivity index (χ0n) is 17.6. The van der Waals surface area contributed by atoms with Crippen LogP contribution in [-0.4, -0.2) is 70.1 Å².